The Morgan fingerprint density at radius 2 is 1.82 bits per heavy atom. The standard InChI is InChI=1S/C23H24Cl2N2O5S/c24-16-6-7-19(20(25)13-16)23(9-10-23)21(28)26-33(31,32)18-8-11-27(22(29)30)17(14-18)12-15-4-2-1-3-5-15/h1-7,13,17-18H,8-12,14H2,(H,26,28)(H,29,30). The number of amides is 2. The second-order valence-electron chi connectivity index (χ2n) is 8.65. The molecular formula is C23H24Cl2N2O5S. The van der Waals surface area contributed by atoms with E-state index in [1.807, 2.05) is 30.3 Å². The van der Waals surface area contributed by atoms with E-state index < -0.39 is 38.7 Å². The van der Waals surface area contributed by atoms with E-state index in [2.05, 4.69) is 4.72 Å². The summed E-state index contributed by atoms with van der Waals surface area (Å²) in [5.41, 5.74) is 0.494. The van der Waals surface area contributed by atoms with Crippen LogP contribution in [0.2, 0.25) is 10.0 Å². The maximum atomic E-state index is 13.2. The highest BCUT2D eigenvalue weighted by Gasteiger charge is 2.54. The lowest BCUT2D eigenvalue weighted by Crippen LogP contribution is -2.53. The Kier molecular flexibility index (Phi) is 6.62. The first-order valence-electron chi connectivity index (χ1n) is 10.7. The fourth-order valence-corrected chi connectivity index (χ4v) is 6.66. The van der Waals surface area contributed by atoms with Crippen LogP contribution >= 0.6 is 23.2 Å². The molecule has 2 amide bonds. The molecule has 10 heteroatoms. The van der Waals surface area contributed by atoms with Crippen LogP contribution in [0.5, 0.6) is 0 Å². The SMILES string of the molecule is O=C(O)N1CCC(S(=O)(=O)NC(=O)C2(c3ccc(Cl)cc3Cl)CC2)CC1Cc1ccccc1. The summed E-state index contributed by atoms with van der Waals surface area (Å²) < 4.78 is 28.6. The summed E-state index contributed by atoms with van der Waals surface area (Å²) >= 11 is 12.2. The lowest BCUT2D eigenvalue weighted by molar-refractivity contribution is -0.121. The molecule has 1 aliphatic carbocycles. The van der Waals surface area contributed by atoms with Crippen LogP contribution in [0.1, 0.15) is 36.8 Å². The van der Waals surface area contributed by atoms with Crippen molar-refractivity contribution in [3.05, 3.63) is 69.7 Å². The van der Waals surface area contributed by atoms with Crippen molar-refractivity contribution in [1.29, 1.82) is 0 Å². The second kappa shape index (κ2) is 9.16. The van der Waals surface area contributed by atoms with Crippen LogP contribution in [0.25, 0.3) is 0 Å². The van der Waals surface area contributed by atoms with Crippen molar-refractivity contribution < 1.29 is 23.1 Å². The number of hydrogen-bond acceptors (Lipinski definition) is 4. The summed E-state index contributed by atoms with van der Waals surface area (Å²) in [5.74, 6) is -0.605. The fourth-order valence-electron chi connectivity index (χ4n) is 4.56. The largest absolute Gasteiger partial charge is 0.465 e. The summed E-state index contributed by atoms with van der Waals surface area (Å²) in [6.07, 6.45) is 0.531. The number of carbonyl (C=O) groups excluding carboxylic acids is 1. The quantitative estimate of drug-likeness (QED) is 0.605. The molecule has 0 aromatic heterocycles. The molecule has 2 aromatic rings. The van der Waals surface area contributed by atoms with Gasteiger partial charge in [-0.15, -0.1) is 0 Å². The zero-order chi connectivity index (χ0) is 23.8. The maximum Gasteiger partial charge on any atom is 0.407 e. The number of rotatable bonds is 6. The van der Waals surface area contributed by atoms with Crippen LogP contribution in [0.3, 0.4) is 0 Å². The molecule has 1 saturated heterocycles. The molecule has 176 valence electrons. The molecule has 2 aromatic carbocycles. The van der Waals surface area contributed by atoms with Crippen LogP contribution in [0.4, 0.5) is 4.79 Å². The average molecular weight is 511 g/mol. The molecular weight excluding hydrogens is 487 g/mol. The third kappa shape index (κ3) is 4.98. The zero-order valence-corrected chi connectivity index (χ0v) is 20.0. The van der Waals surface area contributed by atoms with Crippen LogP contribution in [-0.2, 0) is 26.7 Å². The van der Waals surface area contributed by atoms with Crippen molar-refractivity contribution in [1.82, 2.24) is 9.62 Å². The number of piperidine rings is 1. The molecule has 0 bridgehead atoms. The zero-order valence-electron chi connectivity index (χ0n) is 17.7. The van der Waals surface area contributed by atoms with Gasteiger partial charge in [0.1, 0.15) is 0 Å². The summed E-state index contributed by atoms with van der Waals surface area (Å²) in [6.45, 7) is 0.0841. The van der Waals surface area contributed by atoms with E-state index in [9.17, 15) is 23.1 Å². The van der Waals surface area contributed by atoms with Gasteiger partial charge in [-0.2, -0.15) is 0 Å². The molecule has 2 aliphatic rings. The maximum absolute atomic E-state index is 13.2. The number of carboxylic acid groups (broad SMARTS) is 1. The predicted molar refractivity (Wildman–Crippen MR) is 126 cm³/mol. The Labute approximate surface area is 202 Å². The van der Waals surface area contributed by atoms with Gasteiger partial charge in [0.25, 0.3) is 0 Å². The first kappa shape index (κ1) is 23.9. The average Bonchev–Trinajstić information content (AvgIpc) is 3.56. The molecule has 0 spiro atoms. The number of carbonyl (C=O) groups is 2. The highest BCUT2D eigenvalue weighted by Crippen LogP contribution is 2.51. The number of nitrogens with one attached hydrogen (secondary N) is 1. The number of hydrogen-bond donors (Lipinski definition) is 2. The molecule has 1 heterocycles. The topological polar surface area (TPSA) is 104 Å². The molecule has 2 fully saturated rings. The Morgan fingerprint density at radius 1 is 1.12 bits per heavy atom. The lowest BCUT2D eigenvalue weighted by Gasteiger charge is -2.37. The monoisotopic (exact) mass is 510 g/mol. The molecule has 4 rings (SSSR count). The van der Waals surface area contributed by atoms with Gasteiger partial charge in [0.05, 0.1) is 10.7 Å². The smallest absolute Gasteiger partial charge is 0.407 e. The molecule has 2 unspecified atom stereocenters. The highest BCUT2D eigenvalue weighted by atomic mass is 35.5. The van der Waals surface area contributed by atoms with Crippen LogP contribution in [-0.4, -0.2) is 48.3 Å². The van der Waals surface area contributed by atoms with Crippen LogP contribution in [0.15, 0.2) is 48.5 Å². The van der Waals surface area contributed by atoms with Gasteiger partial charge in [-0.25, -0.2) is 13.2 Å². The van der Waals surface area contributed by atoms with E-state index in [0.29, 0.717) is 34.9 Å². The van der Waals surface area contributed by atoms with Gasteiger partial charge in [0.15, 0.2) is 0 Å². The van der Waals surface area contributed by atoms with Crippen LogP contribution in [0, 0.1) is 0 Å². The minimum Gasteiger partial charge on any atom is -0.465 e. The van der Waals surface area contributed by atoms with Crippen molar-refractivity contribution in [3.8, 4) is 0 Å². The van der Waals surface area contributed by atoms with Gasteiger partial charge >= 0.3 is 6.09 Å². The Bertz CT molecular complexity index is 1170. The Hall–Kier alpha value is -2.29. The molecule has 0 radical (unpaired) electrons. The third-order valence-corrected chi connectivity index (χ3v) is 8.86. The Morgan fingerprint density at radius 3 is 2.42 bits per heavy atom. The van der Waals surface area contributed by atoms with Gasteiger partial charge in [-0.05, 0) is 55.4 Å². The van der Waals surface area contributed by atoms with E-state index in [1.165, 1.54) is 11.0 Å². The van der Waals surface area contributed by atoms with Gasteiger partial charge in [-0.1, -0.05) is 59.6 Å². The van der Waals surface area contributed by atoms with E-state index in [4.69, 9.17) is 23.2 Å². The normalized spacial score (nSPS) is 21.9. The Balaban J connectivity index is 1.50. The van der Waals surface area contributed by atoms with Gasteiger partial charge in [-0.3, -0.25) is 9.52 Å². The van der Waals surface area contributed by atoms with Crippen molar-refractivity contribution in [3.63, 3.8) is 0 Å². The molecule has 7 nitrogen and oxygen atoms in total. The third-order valence-electron chi connectivity index (χ3n) is 6.53. The number of nitrogens with zero attached hydrogens (tertiary/aromatic N) is 1. The number of sulfonamides is 1. The number of benzene rings is 2. The predicted octanol–water partition coefficient (Wildman–Crippen LogP) is 4.22. The molecule has 2 atom stereocenters. The van der Waals surface area contributed by atoms with E-state index >= 15 is 0 Å². The molecule has 1 aliphatic heterocycles. The molecule has 33 heavy (non-hydrogen) atoms. The highest BCUT2D eigenvalue weighted by molar-refractivity contribution is 7.90. The number of likely N-dealkylation sites (tertiary alicyclic amines) is 1. The van der Waals surface area contributed by atoms with Crippen molar-refractivity contribution in [2.24, 2.45) is 0 Å². The van der Waals surface area contributed by atoms with Gasteiger partial charge in [0.2, 0.25) is 15.9 Å². The van der Waals surface area contributed by atoms with Gasteiger partial charge < -0.3 is 10.0 Å². The summed E-state index contributed by atoms with van der Waals surface area (Å²) in [7, 11) is -4.02. The lowest BCUT2D eigenvalue weighted by atomic mass is 9.95. The van der Waals surface area contributed by atoms with E-state index in [-0.39, 0.29) is 19.4 Å². The molecule has 1 saturated carbocycles. The van der Waals surface area contributed by atoms with Crippen molar-refractivity contribution >= 4 is 45.2 Å². The van der Waals surface area contributed by atoms with E-state index in [1.54, 1.807) is 12.1 Å². The summed E-state index contributed by atoms with van der Waals surface area (Å²) in [4.78, 5) is 26.1. The van der Waals surface area contributed by atoms with Crippen molar-refractivity contribution in [2.45, 2.75) is 48.8 Å². The first-order chi connectivity index (χ1) is 15.6. The van der Waals surface area contributed by atoms with Crippen molar-refractivity contribution in [2.75, 3.05) is 6.54 Å². The number of halogens is 2. The summed E-state index contributed by atoms with van der Waals surface area (Å²) in [5, 5.41) is 9.48. The molecule has 2 N–H and O–H groups in total. The first-order valence-corrected chi connectivity index (χ1v) is 13.0. The summed E-state index contributed by atoms with van der Waals surface area (Å²) in [6, 6.07) is 13.7. The second-order valence-corrected chi connectivity index (χ2v) is 11.5. The fraction of sp³-hybridized carbons (Fsp3) is 0.391. The van der Waals surface area contributed by atoms with Gasteiger partial charge in [0, 0.05) is 22.6 Å². The van der Waals surface area contributed by atoms with E-state index in [0.717, 1.165) is 5.56 Å². The minimum absolute atomic E-state index is 0.0841. The van der Waals surface area contributed by atoms with Crippen LogP contribution < -0.4 is 4.72 Å². The minimum atomic E-state index is -4.02.